The van der Waals surface area contributed by atoms with Crippen molar-refractivity contribution < 1.29 is 52.2 Å². The Morgan fingerprint density at radius 3 is 1.12 bits per heavy atom. The van der Waals surface area contributed by atoms with E-state index in [4.69, 9.17) is 23.3 Å². The van der Waals surface area contributed by atoms with Gasteiger partial charge >= 0.3 is 25.7 Å². The predicted molar refractivity (Wildman–Crippen MR) is 316 cm³/mol. The lowest BCUT2D eigenvalue weighted by molar-refractivity contribution is -0.161. The van der Waals surface area contributed by atoms with Crippen LogP contribution in [0, 0.1) is 0 Å². The van der Waals surface area contributed by atoms with E-state index in [0.717, 1.165) is 122 Å². The second kappa shape index (κ2) is 56.8. The monoisotopic (exact) mass is 1080 g/mol. The number of aliphatic hydroxyl groups excluding tert-OH is 1. The number of hydrogen-bond acceptors (Lipinski definition) is 10. The topological polar surface area (TPSA) is 155 Å². The summed E-state index contributed by atoms with van der Waals surface area (Å²) < 4.78 is 39.4. The maximum absolute atomic E-state index is 12.9. The van der Waals surface area contributed by atoms with Gasteiger partial charge in [0.15, 0.2) is 6.10 Å². The van der Waals surface area contributed by atoms with Crippen LogP contribution in [-0.2, 0) is 42.2 Å². The van der Waals surface area contributed by atoms with Gasteiger partial charge in [0.25, 0.3) is 0 Å². The predicted octanol–water partition coefficient (Wildman–Crippen LogP) is 17.4. The molecular formula is C64H103O11P. The Labute approximate surface area is 461 Å². The molecule has 0 radical (unpaired) electrons. The normalized spacial score (nSPS) is 14.3. The molecule has 0 rings (SSSR count). The van der Waals surface area contributed by atoms with Crippen molar-refractivity contribution in [1.82, 2.24) is 0 Å². The van der Waals surface area contributed by atoms with Crippen molar-refractivity contribution in [2.75, 3.05) is 26.4 Å². The number of carbonyl (C=O) groups excluding carboxylic acids is 3. The van der Waals surface area contributed by atoms with Gasteiger partial charge in [-0.05, 0) is 128 Å². The summed E-state index contributed by atoms with van der Waals surface area (Å²) in [4.78, 5) is 48.5. The molecule has 0 spiro atoms. The Morgan fingerprint density at radius 2 is 0.697 bits per heavy atom. The Morgan fingerprint density at radius 1 is 0.382 bits per heavy atom. The van der Waals surface area contributed by atoms with Crippen molar-refractivity contribution >= 4 is 25.7 Å². The fourth-order valence-electron chi connectivity index (χ4n) is 7.18. The molecule has 0 aliphatic heterocycles. The first-order valence-corrected chi connectivity index (χ1v) is 30.6. The Balaban J connectivity index is 4.84. The van der Waals surface area contributed by atoms with Crippen molar-refractivity contribution in [3.05, 3.63) is 134 Å². The zero-order valence-corrected chi connectivity index (χ0v) is 48.3. The third kappa shape index (κ3) is 54.4. The number of ether oxygens (including phenoxy) is 3. The van der Waals surface area contributed by atoms with Gasteiger partial charge in [-0.15, -0.1) is 0 Å². The van der Waals surface area contributed by atoms with Gasteiger partial charge in [0, 0.05) is 19.3 Å². The Bertz CT molecular complexity index is 1780. The van der Waals surface area contributed by atoms with E-state index in [1.807, 2.05) is 12.2 Å². The maximum Gasteiger partial charge on any atom is 0.472 e. The van der Waals surface area contributed by atoms with Crippen LogP contribution >= 0.6 is 7.82 Å². The molecule has 11 nitrogen and oxygen atoms in total. The Kier molecular flexibility index (Phi) is 53.5. The highest BCUT2D eigenvalue weighted by Gasteiger charge is 2.28. The Hall–Kier alpha value is -4.38. The van der Waals surface area contributed by atoms with Crippen molar-refractivity contribution in [2.24, 2.45) is 0 Å². The summed E-state index contributed by atoms with van der Waals surface area (Å²) in [5, 5.41) is 9.81. The lowest BCUT2D eigenvalue weighted by atomic mass is 10.1. The van der Waals surface area contributed by atoms with Crippen LogP contribution in [0.15, 0.2) is 134 Å². The molecule has 0 aromatic rings. The molecular weight excluding hydrogens is 976 g/mol. The van der Waals surface area contributed by atoms with Gasteiger partial charge < -0.3 is 24.2 Å². The zero-order valence-electron chi connectivity index (χ0n) is 47.4. The van der Waals surface area contributed by atoms with E-state index in [1.54, 1.807) is 0 Å². The van der Waals surface area contributed by atoms with E-state index >= 15 is 0 Å². The summed E-state index contributed by atoms with van der Waals surface area (Å²) >= 11 is 0. The summed E-state index contributed by atoms with van der Waals surface area (Å²) in [6.45, 7) is 4.26. The largest absolute Gasteiger partial charge is 0.472 e. The molecule has 0 amide bonds. The molecule has 2 N–H and O–H groups in total. The first kappa shape index (κ1) is 71.6. The summed E-state index contributed by atoms with van der Waals surface area (Å²) in [5.74, 6) is -1.59. The van der Waals surface area contributed by atoms with Gasteiger partial charge in [-0.1, -0.05) is 199 Å². The molecule has 0 aromatic heterocycles. The second-order valence-electron chi connectivity index (χ2n) is 18.7. The van der Waals surface area contributed by atoms with Crippen molar-refractivity contribution in [3.8, 4) is 0 Å². The standard InChI is InChI=1S/C64H103O11P/c1-4-7-10-13-16-19-22-25-27-29-30-32-34-37-40-43-46-49-52-55-64(68)75-61(57-71-62(66)53-50-47-44-41-38-35-24-21-18-15-12-9-6-3)59-73-76(69,70)72-58-60(56-65)74-63(67)54-51-48-45-42-39-36-33-31-28-26-23-20-17-14-11-8-5-2/h8-9,11-12,16-21,25-28,30,32-33,35-36,38,42,45,60-61,65H,4-7,10,13-15,22-24,29,31,34,37,39-41,43-44,46-59H2,1-3H3,(H,69,70)/b11-8-,12-9-,19-16-,20-17-,21-18-,27-25-,28-26-,32-30-,36-33-,38-35-,45-42-. The second-order valence-corrected chi connectivity index (χ2v) is 20.1. The molecule has 0 fully saturated rings. The quantitative estimate of drug-likeness (QED) is 0.0197. The molecule has 0 aromatic carbocycles. The van der Waals surface area contributed by atoms with E-state index in [1.165, 1.54) is 25.7 Å². The molecule has 12 heteroatoms. The van der Waals surface area contributed by atoms with Crippen LogP contribution in [-0.4, -0.2) is 66.5 Å². The van der Waals surface area contributed by atoms with Crippen LogP contribution in [0.5, 0.6) is 0 Å². The molecule has 0 saturated heterocycles. The number of aliphatic hydroxyl groups is 1. The molecule has 430 valence electrons. The minimum absolute atomic E-state index is 0.0886. The minimum Gasteiger partial charge on any atom is -0.462 e. The maximum atomic E-state index is 12.9. The van der Waals surface area contributed by atoms with Crippen LogP contribution in [0.1, 0.15) is 213 Å². The number of unbranched alkanes of at least 4 members (excludes halogenated alkanes) is 13. The van der Waals surface area contributed by atoms with E-state index in [0.29, 0.717) is 25.7 Å². The average molecular weight is 1080 g/mol. The molecule has 0 saturated carbocycles. The fraction of sp³-hybridized carbons (Fsp3) is 0.609. The lowest BCUT2D eigenvalue weighted by Crippen LogP contribution is -2.30. The smallest absolute Gasteiger partial charge is 0.462 e. The molecule has 0 bridgehead atoms. The van der Waals surface area contributed by atoms with Gasteiger partial charge in [0.2, 0.25) is 0 Å². The fourth-order valence-corrected chi connectivity index (χ4v) is 7.96. The summed E-state index contributed by atoms with van der Waals surface area (Å²) in [7, 11) is -4.78. The number of hydrogen-bond donors (Lipinski definition) is 2. The van der Waals surface area contributed by atoms with Gasteiger partial charge in [0.1, 0.15) is 12.7 Å². The summed E-state index contributed by atoms with van der Waals surface area (Å²) in [6.07, 6.45) is 71.3. The van der Waals surface area contributed by atoms with Gasteiger partial charge in [-0.3, -0.25) is 23.4 Å². The number of allylic oxidation sites excluding steroid dienone is 22. The molecule has 3 unspecified atom stereocenters. The van der Waals surface area contributed by atoms with Crippen molar-refractivity contribution in [3.63, 3.8) is 0 Å². The van der Waals surface area contributed by atoms with Crippen molar-refractivity contribution in [2.45, 2.75) is 226 Å². The van der Waals surface area contributed by atoms with E-state index in [9.17, 15) is 28.9 Å². The van der Waals surface area contributed by atoms with Crippen LogP contribution < -0.4 is 0 Å². The van der Waals surface area contributed by atoms with E-state index in [-0.39, 0.29) is 25.9 Å². The van der Waals surface area contributed by atoms with Crippen molar-refractivity contribution in [1.29, 1.82) is 0 Å². The van der Waals surface area contributed by atoms with Gasteiger partial charge in [-0.25, -0.2) is 4.57 Å². The lowest BCUT2D eigenvalue weighted by Gasteiger charge is -2.21. The van der Waals surface area contributed by atoms with Crippen LogP contribution in [0.2, 0.25) is 0 Å². The molecule has 0 aliphatic rings. The number of phosphoric acid groups is 1. The zero-order chi connectivity index (χ0) is 55.5. The minimum atomic E-state index is -4.78. The summed E-state index contributed by atoms with van der Waals surface area (Å²) in [6, 6.07) is 0. The first-order valence-electron chi connectivity index (χ1n) is 29.1. The first-order chi connectivity index (χ1) is 37.2. The van der Waals surface area contributed by atoms with Gasteiger partial charge in [-0.2, -0.15) is 0 Å². The number of phosphoric ester groups is 1. The van der Waals surface area contributed by atoms with Gasteiger partial charge in [0.05, 0.1) is 19.8 Å². The SMILES string of the molecule is CC/C=C\C/C=C\C/C=C\C/C=C\C/C=C\CCCC(=O)OC(CO)COP(=O)(O)OCC(COC(=O)CCCCC/C=C\C/C=C\C/C=C\CC)OC(=O)CCCCCCCC/C=C\C/C=C\C/C=C\CCCCC. The highest BCUT2D eigenvalue weighted by atomic mass is 31.2. The average Bonchev–Trinajstić information content (AvgIpc) is 3.41. The number of esters is 3. The van der Waals surface area contributed by atoms with Crippen LogP contribution in [0.4, 0.5) is 0 Å². The van der Waals surface area contributed by atoms with Crippen LogP contribution in [0.3, 0.4) is 0 Å². The number of rotatable bonds is 52. The third-order valence-electron chi connectivity index (χ3n) is 11.5. The molecule has 0 heterocycles. The van der Waals surface area contributed by atoms with E-state index in [2.05, 4.69) is 142 Å². The van der Waals surface area contributed by atoms with E-state index < -0.39 is 57.8 Å². The highest BCUT2D eigenvalue weighted by molar-refractivity contribution is 7.47. The molecule has 3 atom stereocenters. The summed E-state index contributed by atoms with van der Waals surface area (Å²) in [5.41, 5.74) is 0. The van der Waals surface area contributed by atoms with Crippen LogP contribution in [0.25, 0.3) is 0 Å². The molecule has 0 aliphatic carbocycles. The number of carbonyl (C=O) groups is 3. The molecule has 76 heavy (non-hydrogen) atoms. The highest BCUT2D eigenvalue weighted by Crippen LogP contribution is 2.43. The third-order valence-corrected chi connectivity index (χ3v) is 12.5.